The normalized spacial score (nSPS) is 12.3. The van der Waals surface area contributed by atoms with E-state index in [9.17, 15) is 0 Å². The van der Waals surface area contributed by atoms with Crippen LogP contribution in [0.25, 0.3) is 110 Å². The van der Waals surface area contributed by atoms with Gasteiger partial charge in [-0.25, -0.2) is 0 Å². The van der Waals surface area contributed by atoms with Crippen molar-refractivity contribution in [2.24, 2.45) is 0 Å². The molecule has 0 unspecified atom stereocenters. The van der Waals surface area contributed by atoms with Crippen LogP contribution in [0.3, 0.4) is 0 Å². The van der Waals surface area contributed by atoms with Crippen molar-refractivity contribution < 1.29 is 0 Å². The third-order valence-electron chi connectivity index (χ3n) is 10.6. The van der Waals surface area contributed by atoms with Crippen LogP contribution in [0, 0.1) is 0 Å². The molecule has 2 aliphatic rings. The van der Waals surface area contributed by atoms with Crippen LogP contribution < -0.4 is 0 Å². The van der Waals surface area contributed by atoms with Gasteiger partial charge in [0.25, 0.3) is 0 Å². The van der Waals surface area contributed by atoms with E-state index >= 15 is 0 Å². The Bertz CT molecular complexity index is 2540. The molecule has 9 aromatic rings. The van der Waals surface area contributed by atoms with E-state index in [1.165, 1.54) is 110 Å². The first kappa shape index (κ1) is 24.4. The van der Waals surface area contributed by atoms with Crippen molar-refractivity contribution in [2.75, 3.05) is 0 Å². The van der Waals surface area contributed by atoms with Crippen molar-refractivity contribution in [3.63, 3.8) is 0 Å². The van der Waals surface area contributed by atoms with Gasteiger partial charge in [-0.2, -0.15) is 0 Å². The predicted octanol–water partition coefficient (Wildman–Crippen LogP) is 12.9. The van der Waals surface area contributed by atoms with Gasteiger partial charge in [0.15, 0.2) is 0 Å². The summed E-state index contributed by atoms with van der Waals surface area (Å²) >= 11 is 0. The zero-order valence-corrected chi connectivity index (χ0v) is 25.0. The molecule has 0 aromatic heterocycles. The van der Waals surface area contributed by atoms with Crippen molar-refractivity contribution in [3.05, 3.63) is 158 Å². The molecule has 0 heteroatoms. The second-order valence-electron chi connectivity index (χ2n) is 12.8. The lowest BCUT2D eigenvalue weighted by atomic mass is 9.91. The first-order valence-electron chi connectivity index (χ1n) is 16.1. The van der Waals surface area contributed by atoms with Crippen molar-refractivity contribution in [1.82, 2.24) is 0 Å². The first-order chi connectivity index (χ1) is 22.8. The molecule has 0 amide bonds. The molecule has 0 spiro atoms. The zero-order valence-electron chi connectivity index (χ0n) is 25.0. The lowest BCUT2D eigenvalue weighted by Gasteiger charge is -2.13. The number of rotatable bonds is 2. The van der Waals surface area contributed by atoms with Crippen LogP contribution >= 0.6 is 0 Å². The van der Waals surface area contributed by atoms with Crippen molar-refractivity contribution in [3.8, 4) is 66.8 Å². The fourth-order valence-corrected chi connectivity index (χ4v) is 8.53. The molecule has 11 rings (SSSR count). The number of benzene rings is 9. The molecule has 0 saturated carbocycles. The predicted molar refractivity (Wildman–Crippen MR) is 196 cm³/mol. The summed E-state index contributed by atoms with van der Waals surface area (Å²) in [6, 6.07) is 59.0. The van der Waals surface area contributed by atoms with Gasteiger partial charge in [0.1, 0.15) is 0 Å². The summed E-state index contributed by atoms with van der Waals surface area (Å²) in [6.45, 7) is 0. The summed E-state index contributed by atoms with van der Waals surface area (Å²) in [5, 5.41) is 10.5. The maximum Gasteiger partial charge on any atom is -0.00201 e. The fourth-order valence-electron chi connectivity index (χ4n) is 8.53. The van der Waals surface area contributed by atoms with Crippen molar-refractivity contribution >= 4 is 43.1 Å². The van der Waals surface area contributed by atoms with Gasteiger partial charge in [0.05, 0.1) is 0 Å². The van der Waals surface area contributed by atoms with Gasteiger partial charge < -0.3 is 0 Å². The van der Waals surface area contributed by atoms with E-state index in [1.54, 1.807) is 0 Å². The number of hydrogen-bond donors (Lipinski definition) is 0. The summed E-state index contributed by atoms with van der Waals surface area (Å²) in [5.74, 6) is 0. The Labute approximate surface area is 266 Å². The van der Waals surface area contributed by atoms with Gasteiger partial charge in [-0.15, -0.1) is 0 Å². The SMILES string of the molecule is c1ccc2c(c1)-c1cccc3c(-c4ccc5c(ccc6cc(-c7ccc8c9c(cccc79)-c7ccccc7-8)ccc65)c4)ccc-2c13. The van der Waals surface area contributed by atoms with Gasteiger partial charge in [-0.3, -0.25) is 0 Å². The van der Waals surface area contributed by atoms with E-state index in [-0.39, 0.29) is 0 Å². The fraction of sp³-hybridized carbons (Fsp3) is 0. The monoisotopic (exact) mass is 578 g/mol. The average molecular weight is 579 g/mol. The molecule has 0 aliphatic heterocycles. The van der Waals surface area contributed by atoms with Gasteiger partial charge in [0.2, 0.25) is 0 Å². The molecule has 0 atom stereocenters. The Hall–Kier alpha value is -5.98. The molecule has 0 fully saturated rings. The lowest BCUT2D eigenvalue weighted by molar-refractivity contribution is 1.68. The maximum absolute atomic E-state index is 2.37. The first-order valence-corrected chi connectivity index (χ1v) is 16.1. The Balaban J connectivity index is 1.04. The van der Waals surface area contributed by atoms with Crippen LogP contribution in [0.1, 0.15) is 0 Å². The van der Waals surface area contributed by atoms with E-state index in [1.807, 2.05) is 0 Å². The molecular formula is C46H26. The highest BCUT2D eigenvalue weighted by Gasteiger charge is 2.23. The Morgan fingerprint density at radius 1 is 0.217 bits per heavy atom. The highest BCUT2D eigenvalue weighted by Crippen LogP contribution is 2.51. The summed E-state index contributed by atoms with van der Waals surface area (Å²) in [4.78, 5) is 0. The van der Waals surface area contributed by atoms with Crippen molar-refractivity contribution in [2.45, 2.75) is 0 Å². The molecule has 0 radical (unpaired) electrons. The summed E-state index contributed by atoms with van der Waals surface area (Å²) < 4.78 is 0. The standard InChI is InChI=1S/C46H26/c1-3-9-37-35(7-1)41-13-5-11-39-33(21-23-43(37)45(39)41)29-17-19-31-27(25-29)15-16-28-26-30(18-20-32(28)31)34-22-24-44-38-10-4-2-8-36(38)42-14-6-12-40(34)46(42)44/h1-26H. The van der Waals surface area contributed by atoms with Crippen LogP contribution in [-0.2, 0) is 0 Å². The van der Waals surface area contributed by atoms with Gasteiger partial charge in [0, 0.05) is 0 Å². The smallest absolute Gasteiger partial charge is 0.00201 e. The van der Waals surface area contributed by atoms with E-state index in [4.69, 9.17) is 0 Å². The molecule has 2 aliphatic carbocycles. The maximum atomic E-state index is 2.37. The van der Waals surface area contributed by atoms with E-state index in [0.717, 1.165) is 0 Å². The van der Waals surface area contributed by atoms with Crippen LogP contribution in [0.2, 0.25) is 0 Å². The minimum Gasteiger partial charge on any atom is -0.0616 e. The molecule has 210 valence electrons. The van der Waals surface area contributed by atoms with Crippen molar-refractivity contribution in [1.29, 1.82) is 0 Å². The van der Waals surface area contributed by atoms with Gasteiger partial charge in [-0.1, -0.05) is 146 Å². The molecule has 9 aromatic carbocycles. The summed E-state index contributed by atoms with van der Waals surface area (Å²) in [5.41, 5.74) is 15.8. The second kappa shape index (κ2) is 8.81. The third kappa shape index (κ3) is 3.13. The summed E-state index contributed by atoms with van der Waals surface area (Å²) in [7, 11) is 0. The third-order valence-corrected chi connectivity index (χ3v) is 10.6. The van der Waals surface area contributed by atoms with Crippen LogP contribution in [0.4, 0.5) is 0 Å². The van der Waals surface area contributed by atoms with Crippen LogP contribution in [-0.4, -0.2) is 0 Å². The van der Waals surface area contributed by atoms with Gasteiger partial charge >= 0.3 is 0 Å². The molecule has 0 saturated heterocycles. The molecular weight excluding hydrogens is 553 g/mol. The van der Waals surface area contributed by atoms with Gasteiger partial charge in [-0.05, 0) is 122 Å². The summed E-state index contributed by atoms with van der Waals surface area (Å²) in [6.07, 6.45) is 0. The Kier molecular flexibility index (Phi) is 4.66. The van der Waals surface area contributed by atoms with E-state index in [0.29, 0.717) is 0 Å². The van der Waals surface area contributed by atoms with Crippen LogP contribution in [0.5, 0.6) is 0 Å². The second-order valence-corrected chi connectivity index (χ2v) is 12.8. The topological polar surface area (TPSA) is 0 Å². The van der Waals surface area contributed by atoms with E-state index in [2.05, 4.69) is 158 Å². The Morgan fingerprint density at radius 2 is 0.587 bits per heavy atom. The molecule has 0 N–H and O–H groups in total. The molecule has 0 nitrogen and oxygen atoms in total. The molecule has 0 bridgehead atoms. The molecule has 46 heavy (non-hydrogen) atoms. The molecule has 0 heterocycles. The highest BCUT2D eigenvalue weighted by molar-refractivity contribution is 6.21. The largest absolute Gasteiger partial charge is 0.0616 e. The van der Waals surface area contributed by atoms with E-state index < -0.39 is 0 Å². The minimum absolute atomic E-state index is 1.26. The highest BCUT2D eigenvalue weighted by atomic mass is 14.3. The lowest BCUT2D eigenvalue weighted by Crippen LogP contribution is -1.86. The quantitative estimate of drug-likeness (QED) is 0.179. The zero-order chi connectivity index (χ0) is 29.9. The number of hydrogen-bond acceptors (Lipinski definition) is 0. The number of fused-ring (bicyclic) bond motifs is 9. The Morgan fingerprint density at radius 3 is 1.02 bits per heavy atom. The minimum atomic E-state index is 1.26. The average Bonchev–Trinajstić information content (AvgIpc) is 3.63. The van der Waals surface area contributed by atoms with Crippen LogP contribution in [0.15, 0.2) is 158 Å².